The van der Waals surface area contributed by atoms with Gasteiger partial charge in [0.05, 0.1) is 0 Å². The van der Waals surface area contributed by atoms with Gasteiger partial charge < -0.3 is 10.1 Å². The first-order valence-electron chi connectivity index (χ1n) is 5.50. The summed E-state index contributed by atoms with van der Waals surface area (Å²) in [4.78, 5) is 15.7. The third-order valence-electron chi connectivity index (χ3n) is 2.92. The second-order valence-corrected chi connectivity index (χ2v) is 4.54. The van der Waals surface area contributed by atoms with E-state index in [0.717, 1.165) is 25.2 Å². The molecule has 2 rings (SSSR count). The summed E-state index contributed by atoms with van der Waals surface area (Å²) in [5.41, 5.74) is 1.04. The Morgan fingerprint density at radius 3 is 2.69 bits per heavy atom. The number of hydrogen-bond donors (Lipinski definition) is 2. The van der Waals surface area contributed by atoms with Gasteiger partial charge in [-0.25, -0.2) is 4.79 Å². The van der Waals surface area contributed by atoms with E-state index in [9.17, 15) is 4.79 Å². The van der Waals surface area contributed by atoms with Crippen molar-refractivity contribution in [3.63, 3.8) is 0 Å². The van der Waals surface area contributed by atoms with Crippen LogP contribution >= 0.6 is 11.6 Å². The number of aromatic carboxylic acids is 1. The van der Waals surface area contributed by atoms with Gasteiger partial charge in [0.1, 0.15) is 10.8 Å². The molecule has 1 aromatic heterocycles. The number of aromatic nitrogens is 1. The molecule has 1 aliphatic rings. The zero-order chi connectivity index (χ0) is 11.5. The van der Waals surface area contributed by atoms with Gasteiger partial charge >= 0.3 is 5.97 Å². The summed E-state index contributed by atoms with van der Waals surface area (Å²) in [6.45, 7) is 2.89. The molecule has 88 valence electrons. The van der Waals surface area contributed by atoms with Gasteiger partial charge in [0, 0.05) is 12.1 Å². The fourth-order valence-electron chi connectivity index (χ4n) is 2.06. The van der Waals surface area contributed by atoms with Crippen molar-refractivity contribution in [1.82, 2.24) is 9.88 Å². The number of nitrogens with one attached hydrogen (secondary N) is 1. The molecule has 0 aromatic carbocycles. The van der Waals surface area contributed by atoms with E-state index >= 15 is 0 Å². The average molecular weight is 243 g/mol. The molecule has 1 saturated heterocycles. The van der Waals surface area contributed by atoms with E-state index in [-0.39, 0.29) is 5.69 Å². The molecule has 0 radical (unpaired) electrons. The van der Waals surface area contributed by atoms with Gasteiger partial charge in [0.2, 0.25) is 0 Å². The zero-order valence-corrected chi connectivity index (χ0v) is 9.76. The van der Waals surface area contributed by atoms with Crippen LogP contribution in [0.2, 0.25) is 5.15 Å². The first-order valence-corrected chi connectivity index (χ1v) is 5.87. The highest BCUT2D eigenvalue weighted by molar-refractivity contribution is 6.30. The molecule has 1 fully saturated rings. The summed E-state index contributed by atoms with van der Waals surface area (Å²) in [5.74, 6) is -0.966. The standard InChI is InChI=1S/C11H15ClN2O2/c12-10-8(6-9(13-10)11(15)16)7-14-4-2-1-3-5-14/h6,13H,1-5,7H2,(H,15,16). The summed E-state index contributed by atoms with van der Waals surface area (Å²) in [6, 6.07) is 1.62. The topological polar surface area (TPSA) is 56.3 Å². The van der Waals surface area contributed by atoms with Crippen LogP contribution in [0.3, 0.4) is 0 Å². The van der Waals surface area contributed by atoms with E-state index in [4.69, 9.17) is 16.7 Å². The van der Waals surface area contributed by atoms with Crippen LogP contribution in [0.25, 0.3) is 0 Å². The van der Waals surface area contributed by atoms with Crippen molar-refractivity contribution >= 4 is 17.6 Å². The van der Waals surface area contributed by atoms with Crippen molar-refractivity contribution in [2.24, 2.45) is 0 Å². The number of piperidine rings is 1. The van der Waals surface area contributed by atoms with Crippen LogP contribution < -0.4 is 0 Å². The van der Waals surface area contributed by atoms with Crippen molar-refractivity contribution in [2.75, 3.05) is 13.1 Å². The molecular weight excluding hydrogens is 228 g/mol. The molecule has 1 aliphatic heterocycles. The number of carboxylic acid groups (broad SMARTS) is 1. The Balaban J connectivity index is 2.05. The highest BCUT2D eigenvalue weighted by Gasteiger charge is 2.15. The van der Waals surface area contributed by atoms with E-state index in [0.29, 0.717) is 5.15 Å². The molecule has 0 aliphatic carbocycles. The van der Waals surface area contributed by atoms with Crippen LogP contribution in [0.1, 0.15) is 35.3 Å². The molecule has 0 spiro atoms. The third kappa shape index (κ3) is 2.57. The largest absolute Gasteiger partial charge is 0.477 e. The van der Waals surface area contributed by atoms with Crippen LogP contribution in [0, 0.1) is 0 Å². The molecule has 0 amide bonds. The summed E-state index contributed by atoms with van der Waals surface area (Å²) >= 11 is 5.96. The van der Waals surface area contributed by atoms with E-state index < -0.39 is 5.97 Å². The number of nitrogens with zero attached hydrogens (tertiary/aromatic N) is 1. The summed E-state index contributed by atoms with van der Waals surface area (Å²) < 4.78 is 0. The number of carboxylic acids is 1. The molecular formula is C11H15ClN2O2. The van der Waals surface area contributed by atoms with Gasteiger partial charge in [-0.05, 0) is 32.0 Å². The molecule has 1 aromatic rings. The Morgan fingerprint density at radius 1 is 1.44 bits per heavy atom. The van der Waals surface area contributed by atoms with Crippen LogP contribution in [-0.2, 0) is 6.54 Å². The summed E-state index contributed by atoms with van der Waals surface area (Å²) in [5, 5.41) is 9.27. The quantitative estimate of drug-likeness (QED) is 0.856. The van der Waals surface area contributed by atoms with Crippen LogP contribution in [0.5, 0.6) is 0 Å². The molecule has 2 N–H and O–H groups in total. The van der Waals surface area contributed by atoms with Gasteiger partial charge in [-0.1, -0.05) is 18.0 Å². The van der Waals surface area contributed by atoms with E-state index in [2.05, 4.69) is 9.88 Å². The van der Waals surface area contributed by atoms with Crippen molar-refractivity contribution in [1.29, 1.82) is 0 Å². The first kappa shape index (κ1) is 11.5. The van der Waals surface area contributed by atoms with E-state index in [1.54, 1.807) is 6.07 Å². The SMILES string of the molecule is O=C(O)c1cc(CN2CCCCC2)c(Cl)[nH]1. The molecule has 0 atom stereocenters. The first-order chi connectivity index (χ1) is 7.66. The number of rotatable bonds is 3. The molecule has 5 heteroatoms. The highest BCUT2D eigenvalue weighted by atomic mass is 35.5. The number of H-pyrrole nitrogens is 1. The minimum Gasteiger partial charge on any atom is -0.477 e. The van der Waals surface area contributed by atoms with Gasteiger partial charge in [0.15, 0.2) is 0 Å². The fraction of sp³-hybridized carbons (Fsp3) is 0.545. The Kier molecular flexibility index (Phi) is 3.51. The Labute approximate surface area is 99.2 Å². The molecule has 16 heavy (non-hydrogen) atoms. The summed E-state index contributed by atoms with van der Waals surface area (Å²) in [6.07, 6.45) is 3.72. The predicted molar refractivity (Wildman–Crippen MR) is 61.9 cm³/mol. The third-order valence-corrected chi connectivity index (χ3v) is 3.26. The molecule has 4 nitrogen and oxygen atoms in total. The van der Waals surface area contributed by atoms with Crippen molar-refractivity contribution in [3.8, 4) is 0 Å². The number of halogens is 1. The van der Waals surface area contributed by atoms with Gasteiger partial charge in [-0.3, -0.25) is 4.90 Å². The smallest absolute Gasteiger partial charge is 0.352 e. The molecule has 0 bridgehead atoms. The predicted octanol–water partition coefficient (Wildman–Crippen LogP) is 2.35. The van der Waals surface area contributed by atoms with E-state index in [1.807, 2.05) is 0 Å². The molecule has 2 heterocycles. The van der Waals surface area contributed by atoms with Crippen LogP contribution in [-0.4, -0.2) is 34.0 Å². The number of carbonyl (C=O) groups is 1. The Bertz CT molecular complexity index is 383. The van der Waals surface area contributed by atoms with E-state index in [1.165, 1.54) is 19.3 Å². The average Bonchev–Trinajstić information content (AvgIpc) is 2.62. The van der Waals surface area contributed by atoms with Gasteiger partial charge in [-0.2, -0.15) is 0 Å². The van der Waals surface area contributed by atoms with Crippen molar-refractivity contribution < 1.29 is 9.90 Å². The Hall–Kier alpha value is -1.00. The monoisotopic (exact) mass is 242 g/mol. The lowest BCUT2D eigenvalue weighted by molar-refractivity contribution is 0.0691. The Morgan fingerprint density at radius 2 is 2.12 bits per heavy atom. The van der Waals surface area contributed by atoms with Gasteiger partial charge in [0.25, 0.3) is 0 Å². The highest BCUT2D eigenvalue weighted by Crippen LogP contribution is 2.20. The number of likely N-dealkylation sites (tertiary alicyclic amines) is 1. The summed E-state index contributed by atoms with van der Waals surface area (Å²) in [7, 11) is 0. The minimum atomic E-state index is -0.966. The van der Waals surface area contributed by atoms with Crippen molar-refractivity contribution in [2.45, 2.75) is 25.8 Å². The van der Waals surface area contributed by atoms with Crippen LogP contribution in [0.15, 0.2) is 6.07 Å². The maximum Gasteiger partial charge on any atom is 0.352 e. The number of hydrogen-bond acceptors (Lipinski definition) is 2. The number of aromatic amines is 1. The minimum absolute atomic E-state index is 0.164. The van der Waals surface area contributed by atoms with Crippen molar-refractivity contribution in [3.05, 3.63) is 22.5 Å². The lowest BCUT2D eigenvalue weighted by Crippen LogP contribution is -2.29. The molecule has 0 unspecified atom stereocenters. The maximum absolute atomic E-state index is 10.8. The lowest BCUT2D eigenvalue weighted by Gasteiger charge is -2.25. The second kappa shape index (κ2) is 4.89. The lowest BCUT2D eigenvalue weighted by atomic mass is 10.1. The fourth-order valence-corrected chi connectivity index (χ4v) is 2.28. The second-order valence-electron chi connectivity index (χ2n) is 4.16. The van der Waals surface area contributed by atoms with Gasteiger partial charge in [-0.15, -0.1) is 0 Å². The maximum atomic E-state index is 10.8. The molecule has 0 saturated carbocycles. The zero-order valence-electron chi connectivity index (χ0n) is 9.00. The van der Waals surface area contributed by atoms with Crippen LogP contribution in [0.4, 0.5) is 0 Å². The normalized spacial score (nSPS) is 17.6.